The second kappa shape index (κ2) is 78.7. The first-order valence-corrected chi connectivity index (χ1v) is 47.6. The maximum atomic E-state index is 13.1. The third-order valence-corrected chi connectivity index (χ3v) is 22.2. The van der Waals surface area contributed by atoms with Crippen LogP contribution in [0.25, 0.3) is 0 Å². The highest BCUT2D eigenvalue weighted by Gasteiger charge is 2.30. The first-order valence-electron chi connectivity index (χ1n) is 44.6. The van der Waals surface area contributed by atoms with E-state index in [1.54, 1.807) is 0 Å². The van der Waals surface area contributed by atoms with Crippen LogP contribution in [0.1, 0.15) is 465 Å². The Morgan fingerprint density at radius 3 is 0.648 bits per heavy atom. The van der Waals surface area contributed by atoms with E-state index < -0.39 is 97.5 Å². The highest BCUT2D eigenvalue weighted by atomic mass is 31.2. The molecule has 0 aliphatic rings. The lowest BCUT2D eigenvalue weighted by Gasteiger charge is -2.21. The zero-order valence-corrected chi connectivity index (χ0v) is 70.7. The van der Waals surface area contributed by atoms with Crippen molar-refractivity contribution in [1.29, 1.82) is 0 Å². The molecule has 3 N–H and O–H groups in total. The molecule has 0 saturated carbocycles. The summed E-state index contributed by atoms with van der Waals surface area (Å²) < 4.78 is 68.8. The fourth-order valence-electron chi connectivity index (χ4n) is 13.5. The van der Waals surface area contributed by atoms with Gasteiger partial charge in [0, 0.05) is 25.7 Å². The maximum Gasteiger partial charge on any atom is 0.472 e. The number of esters is 4. The monoisotopic (exact) mass is 1540 g/mol. The highest BCUT2D eigenvalue weighted by molar-refractivity contribution is 7.47. The Labute approximate surface area is 645 Å². The van der Waals surface area contributed by atoms with Gasteiger partial charge in [-0.3, -0.25) is 37.3 Å². The minimum absolute atomic E-state index is 0.106. The van der Waals surface area contributed by atoms with Crippen LogP contribution >= 0.6 is 15.6 Å². The Morgan fingerprint density at radius 2 is 0.438 bits per heavy atom. The van der Waals surface area contributed by atoms with Crippen molar-refractivity contribution in [1.82, 2.24) is 0 Å². The van der Waals surface area contributed by atoms with Gasteiger partial charge in [0.2, 0.25) is 0 Å². The number of carbonyl (C=O) groups is 4. The van der Waals surface area contributed by atoms with Gasteiger partial charge in [0.15, 0.2) is 12.2 Å². The van der Waals surface area contributed by atoms with E-state index in [1.807, 2.05) is 0 Å². The van der Waals surface area contributed by atoms with E-state index in [0.717, 1.165) is 95.8 Å². The molecule has 0 aliphatic carbocycles. The topological polar surface area (TPSA) is 237 Å². The minimum atomic E-state index is -4.96. The molecule has 5 atom stereocenters. The number of carbonyl (C=O) groups excluding carboxylic acids is 4. The van der Waals surface area contributed by atoms with E-state index in [2.05, 4.69) is 34.6 Å². The lowest BCUT2D eigenvalue weighted by molar-refractivity contribution is -0.161. The quantitative estimate of drug-likeness (QED) is 0.0222. The predicted octanol–water partition coefficient (Wildman–Crippen LogP) is 26.4. The van der Waals surface area contributed by atoms with Crippen molar-refractivity contribution in [2.45, 2.75) is 483 Å². The molecule has 0 rings (SSSR count). The predicted molar refractivity (Wildman–Crippen MR) is 432 cm³/mol. The second-order valence-corrected chi connectivity index (χ2v) is 34.3. The van der Waals surface area contributed by atoms with E-state index in [4.69, 9.17) is 37.0 Å². The molecule has 0 heterocycles. The van der Waals surface area contributed by atoms with Crippen LogP contribution in [0.2, 0.25) is 0 Å². The zero-order chi connectivity index (χ0) is 76.9. The molecule has 19 heteroatoms. The van der Waals surface area contributed by atoms with E-state index in [9.17, 15) is 43.2 Å². The molecule has 2 unspecified atom stereocenters. The standard InChI is InChI=1S/C86H168O17P2/c1-6-9-12-15-18-21-23-25-27-29-31-33-35-37-39-41-43-45-51-56-61-66-71-85(90)102-82(76-97-84(89)70-65-60-55-50-44-42-40-38-36-34-32-30-28-26-24-22-19-16-13-10-7-2)78-101-105(94,95)99-74-80(87)73-98-104(92,93)100-77-81(75-96-83(88)69-64-59-54-48-20-17-14-11-8-3)103-86(91)72-67-62-57-52-47-46-49-53-58-63-68-79(4)5/h79-82,87H,6-78H2,1-5H3,(H,92,93)(H,94,95)/t80-,81+,82+/m0/s1. The number of hydrogen-bond acceptors (Lipinski definition) is 15. The largest absolute Gasteiger partial charge is 0.472 e. The van der Waals surface area contributed by atoms with Crippen molar-refractivity contribution in [2.75, 3.05) is 39.6 Å². The van der Waals surface area contributed by atoms with Crippen LogP contribution in [0.4, 0.5) is 0 Å². The van der Waals surface area contributed by atoms with Gasteiger partial charge >= 0.3 is 39.5 Å². The van der Waals surface area contributed by atoms with Gasteiger partial charge in [-0.25, -0.2) is 9.13 Å². The fourth-order valence-corrected chi connectivity index (χ4v) is 15.1. The molecule has 105 heavy (non-hydrogen) atoms. The van der Waals surface area contributed by atoms with Crippen molar-refractivity contribution >= 4 is 39.5 Å². The van der Waals surface area contributed by atoms with Gasteiger partial charge in [0.1, 0.15) is 19.3 Å². The van der Waals surface area contributed by atoms with Crippen LogP contribution < -0.4 is 0 Å². The molecule has 0 aromatic carbocycles. The number of phosphoric ester groups is 2. The minimum Gasteiger partial charge on any atom is -0.462 e. The molecule has 0 aromatic rings. The third-order valence-electron chi connectivity index (χ3n) is 20.3. The summed E-state index contributed by atoms with van der Waals surface area (Å²) >= 11 is 0. The Morgan fingerprint density at radius 1 is 0.257 bits per heavy atom. The van der Waals surface area contributed by atoms with Gasteiger partial charge < -0.3 is 33.8 Å². The molecule has 17 nitrogen and oxygen atoms in total. The Bertz CT molecular complexity index is 2000. The number of unbranched alkanes of at least 4 members (excludes halogenated alkanes) is 58. The van der Waals surface area contributed by atoms with Crippen LogP contribution in [0.15, 0.2) is 0 Å². The molecule has 0 fully saturated rings. The average Bonchev–Trinajstić information content (AvgIpc) is 0.908. The number of aliphatic hydroxyl groups excluding tert-OH is 1. The SMILES string of the molecule is CCCCCCCCCCCCCCCCCCCCCCCCC(=O)O[C@H](COC(=O)CCCCCCCCCCCCCCCCCCCCCCC)COP(=O)(O)OC[C@@H](O)COP(=O)(O)OC[C@@H](COC(=O)CCCCCCCCCCC)OC(=O)CCCCCCCCCCCCC(C)C. The summed E-state index contributed by atoms with van der Waals surface area (Å²) in [5.74, 6) is -1.35. The molecule has 0 aromatic heterocycles. The molecular weight excluding hydrogens is 1370 g/mol. The summed E-state index contributed by atoms with van der Waals surface area (Å²) in [5, 5.41) is 10.7. The van der Waals surface area contributed by atoms with E-state index >= 15 is 0 Å². The molecule has 0 radical (unpaired) electrons. The van der Waals surface area contributed by atoms with Crippen molar-refractivity contribution in [2.24, 2.45) is 5.92 Å². The van der Waals surface area contributed by atoms with Crippen molar-refractivity contribution in [3.05, 3.63) is 0 Å². The van der Waals surface area contributed by atoms with Gasteiger partial charge in [-0.15, -0.1) is 0 Å². The van der Waals surface area contributed by atoms with Crippen LogP contribution in [0.5, 0.6) is 0 Å². The number of rotatable bonds is 86. The molecular formula is C86H168O17P2. The van der Waals surface area contributed by atoms with Crippen molar-refractivity contribution in [3.63, 3.8) is 0 Å². The molecule has 0 aliphatic heterocycles. The summed E-state index contributed by atoms with van der Waals surface area (Å²) in [6.07, 6.45) is 72.5. The third kappa shape index (κ3) is 79.9. The normalized spacial score (nSPS) is 13.8. The summed E-state index contributed by atoms with van der Waals surface area (Å²) in [5.41, 5.74) is 0. The highest BCUT2D eigenvalue weighted by Crippen LogP contribution is 2.45. The molecule has 0 saturated heterocycles. The lowest BCUT2D eigenvalue weighted by atomic mass is 10.0. The van der Waals surface area contributed by atoms with Crippen LogP contribution in [0.3, 0.4) is 0 Å². The second-order valence-electron chi connectivity index (χ2n) is 31.4. The molecule has 0 bridgehead atoms. The first-order chi connectivity index (χ1) is 51.0. The lowest BCUT2D eigenvalue weighted by Crippen LogP contribution is -2.30. The van der Waals surface area contributed by atoms with Crippen LogP contribution in [0, 0.1) is 5.92 Å². The Hall–Kier alpha value is -1.94. The number of ether oxygens (including phenoxy) is 4. The molecule has 0 amide bonds. The van der Waals surface area contributed by atoms with Crippen molar-refractivity contribution < 1.29 is 80.2 Å². The number of hydrogen-bond donors (Lipinski definition) is 3. The fraction of sp³-hybridized carbons (Fsp3) is 0.953. The van der Waals surface area contributed by atoms with E-state index in [1.165, 1.54) is 289 Å². The van der Waals surface area contributed by atoms with Crippen molar-refractivity contribution in [3.8, 4) is 0 Å². The zero-order valence-electron chi connectivity index (χ0n) is 68.9. The Balaban J connectivity index is 5.18. The van der Waals surface area contributed by atoms with Crippen LogP contribution in [-0.2, 0) is 65.4 Å². The van der Waals surface area contributed by atoms with Gasteiger partial charge in [-0.2, -0.15) is 0 Å². The number of aliphatic hydroxyl groups is 1. The summed E-state index contributed by atoms with van der Waals surface area (Å²) in [4.78, 5) is 73.1. The summed E-state index contributed by atoms with van der Waals surface area (Å²) in [7, 11) is -9.92. The first kappa shape index (κ1) is 103. The molecule has 0 spiro atoms. The van der Waals surface area contributed by atoms with E-state index in [-0.39, 0.29) is 25.7 Å². The molecule has 624 valence electrons. The average molecular weight is 1540 g/mol. The Kier molecular flexibility index (Phi) is 77.3. The summed E-state index contributed by atoms with van der Waals surface area (Å²) in [6.45, 7) is 7.32. The van der Waals surface area contributed by atoms with Gasteiger partial charge in [0.05, 0.1) is 26.4 Å². The van der Waals surface area contributed by atoms with Gasteiger partial charge in [0.25, 0.3) is 0 Å². The van der Waals surface area contributed by atoms with E-state index in [0.29, 0.717) is 25.7 Å². The summed E-state index contributed by atoms with van der Waals surface area (Å²) in [6, 6.07) is 0. The van der Waals surface area contributed by atoms with Gasteiger partial charge in [-0.05, 0) is 31.6 Å². The van der Waals surface area contributed by atoms with Crippen LogP contribution in [-0.4, -0.2) is 96.7 Å². The van der Waals surface area contributed by atoms with Gasteiger partial charge in [-0.1, -0.05) is 413 Å². The maximum absolute atomic E-state index is 13.1. The number of phosphoric acid groups is 2. The smallest absolute Gasteiger partial charge is 0.462 e.